The quantitative estimate of drug-likeness (QED) is 0.161. The molecule has 0 spiro atoms. The largest absolute Gasteiger partial charge is 0.494 e. The van der Waals surface area contributed by atoms with Gasteiger partial charge in [-0.2, -0.15) is 52.7 Å². The summed E-state index contributed by atoms with van der Waals surface area (Å²) in [6, 6.07) is 3.80. The van der Waals surface area contributed by atoms with Crippen LogP contribution in [0, 0.1) is 6.92 Å². The van der Waals surface area contributed by atoms with Gasteiger partial charge < -0.3 is 10.2 Å². The van der Waals surface area contributed by atoms with Gasteiger partial charge in [0.25, 0.3) is 0 Å². The Morgan fingerprint density at radius 3 is 1.58 bits per heavy atom. The molecule has 4 aromatic heterocycles. The fourth-order valence-corrected chi connectivity index (χ4v) is 5.94. The smallest absolute Gasteiger partial charge is 0.418 e. The Kier molecular flexibility index (Phi) is 5.27. The van der Waals surface area contributed by atoms with E-state index in [0.717, 1.165) is 0 Å². The maximum absolute atomic E-state index is 14.9. The molecule has 45 heavy (non-hydrogen) atoms. The van der Waals surface area contributed by atoms with Crippen molar-refractivity contribution in [2.45, 2.75) is 31.6 Å². The molecule has 4 heterocycles. The highest BCUT2D eigenvalue weighted by molar-refractivity contribution is 6.21. The summed E-state index contributed by atoms with van der Waals surface area (Å²) in [7, 11) is 0. The summed E-state index contributed by atoms with van der Waals surface area (Å²) >= 11 is 0. The number of alkyl halides is 12. The van der Waals surface area contributed by atoms with Gasteiger partial charge in [0.1, 0.15) is 16.8 Å². The van der Waals surface area contributed by atoms with E-state index in [-0.39, 0.29) is 27.6 Å². The number of imidazole rings is 2. The van der Waals surface area contributed by atoms with Gasteiger partial charge in [-0.3, -0.25) is 8.80 Å². The highest BCUT2D eigenvalue weighted by Crippen LogP contribution is 2.56. The summed E-state index contributed by atoms with van der Waals surface area (Å²) in [4.78, 5) is 7.42. The maximum atomic E-state index is 14.9. The van der Waals surface area contributed by atoms with E-state index in [9.17, 15) is 62.9 Å². The molecule has 0 aliphatic rings. The lowest BCUT2D eigenvalue weighted by atomic mass is 9.95. The third-order valence-electron chi connectivity index (χ3n) is 7.59. The lowest BCUT2D eigenvalue weighted by Gasteiger charge is -2.16. The molecule has 6 nitrogen and oxygen atoms in total. The minimum absolute atomic E-state index is 0.0166. The molecule has 0 atom stereocenters. The van der Waals surface area contributed by atoms with Crippen molar-refractivity contribution >= 4 is 54.9 Å². The van der Waals surface area contributed by atoms with Crippen molar-refractivity contribution < 1.29 is 62.9 Å². The monoisotopic (exact) mass is 650 g/mol. The molecule has 0 amide bonds. The first-order chi connectivity index (χ1) is 20.6. The predicted octanol–water partition coefficient (Wildman–Crippen LogP) is 8.83. The van der Waals surface area contributed by atoms with Crippen LogP contribution in [0.25, 0.3) is 54.9 Å². The number of rotatable bonds is 0. The van der Waals surface area contributed by atoms with Gasteiger partial charge in [-0.15, -0.1) is 0 Å². The van der Waals surface area contributed by atoms with Crippen LogP contribution in [0.3, 0.4) is 0 Å². The van der Waals surface area contributed by atoms with E-state index < -0.39 is 103 Å². The second kappa shape index (κ2) is 8.22. The molecule has 0 aliphatic heterocycles. The van der Waals surface area contributed by atoms with Crippen LogP contribution >= 0.6 is 0 Å². The number of nitrogens with zero attached hydrogens (tertiary/aromatic N) is 4. The topological polar surface area (TPSA) is 75.1 Å². The SMILES string of the molecule is Cc1ccc2nc3c4c(C(F)(F)F)c5c(O)n6c7cc(C(F)(F)F)cc(C(F)(F)F)c7nc6c5c(C(F)(F)F)c4c(O)n3c2c1. The Morgan fingerprint density at radius 2 is 1.09 bits per heavy atom. The molecule has 0 saturated heterocycles. The number of hydrogen-bond acceptors (Lipinski definition) is 4. The molecule has 0 bridgehead atoms. The maximum Gasteiger partial charge on any atom is 0.418 e. The number of hydrogen-bond donors (Lipinski definition) is 2. The number of aromatic nitrogens is 4. The van der Waals surface area contributed by atoms with Crippen molar-refractivity contribution in [1.82, 2.24) is 18.8 Å². The van der Waals surface area contributed by atoms with Gasteiger partial charge in [-0.05, 0) is 36.8 Å². The van der Waals surface area contributed by atoms with Gasteiger partial charge in [0.2, 0.25) is 11.8 Å². The Morgan fingerprint density at radius 1 is 0.578 bits per heavy atom. The van der Waals surface area contributed by atoms with Crippen LogP contribution in [0.5, 0.6) is 11.8 Å². The summed E-state index contributed by atoms with van der Waals surface area (Å²) in [5.41, 5.74) is -12.5. The number of aryl methyl sites for hydroxylation is 1. The van der Waals surface area contributed by atoms with E-state index >= 15 is 0 Å². The van der Waals surface area contributed by atoms with Crippen LogP contribution in [0.2, 0.25) is 0 Å². The molecule has 7 rings (SSSR count). The van der Waals surface area contributed by atoms with Crippen LogP contribution in [-0.2, 0) is 24.7 Å². The van der Waals surface area contributed by atoms with Gasteiger partial charge in [0.15, 0.2) is 0 Å². The van der Waals surface area contributed by atoms with E-state index in [1.807, 2.05) is 0 Å². The lowest BCUT2D eigenvalue weighted by molar-refractivity contribution is -0.142. The van der Waals surface area contributed by atoms with Crippen molar-refractivity contribution in [3.8, 4) is 11.8 Å². The fourth-order valence-electron chi connectivity index (χ4n) is 5.94. The highest BCUT2D eigenvalue weighted by Gasteiger charge is 2.48. The van der Waals surface area contributed by atoms with Gasteiger partial charge >= 0.3 is 24.7 Å². The second-order valence-corrected chi connectivity index (χ2v) is 10.3. The normalized spacial score (nSPS) is 14.1. The molecule has 0 aliphatic carbocycles. The zero-order valence-corrected chi connectivity index (χ0v) is 21.6. The van der Waals surface area contributed by atoms with Crippen molar-refractivity contribution in [2.75, 3.05) is 0 Å². The van der Waals surface area contributed by atoms with Crippen molar-refractivity contribution in [2.24, 2.45) is 0 Å². The van der Waals surface area contributed by atoms with E-state index in [2.05, 4.69) is 9.97 Å². The number of benzene rings is 3. The Hall–Kier alpha value is -4.90. The highest BCUT2D eigenvalue weighted by atomic mass is 19.4. The standard InChI is InChI=1S/C27H10F12N4O2/c1-7-2-3-10-11(4-7)42-20(40-10)13-15(22(42)44)18(27(37,38)39)14-16(17(13)26(34,35)36)23(45)43-12-6-8(24(28,29)30)5-9(25(31,32)33)19(12)41-21(14)43/h2-6,44-45H,1H3. The van der Waals surface area contributed by atoms with Crippen LogP contribution in [0.1, 0.15) is 27.8 Å². The van der Waals surface area contributed by atoms with E-state index in [0.29, 0.717) is 9.96 Å². The van der Waals surface area contributed by atoms with Crippen LogP contribution in [0.15, 0.2) is 30.3 Å². The van der Waals surface area contributed by atoms with Gasteiger partial charge in [-0.1, -0.05) is 6.07 Å². The number of aromatic hydroxyl groups is 2. The van der Waals surface area contributed by atoms with Gasteiger partial charge in [-0.25, -0.2) is 9.97 Å². The summed E-state index contributed by atoms with van der Waals surface area (Å²) in [5.74, 6) is -3.13. The first-order valence-corrected chi connectivity index (χ1v) is 12.3. The third-order valence-corrected chi connectivity index (χ3v) is 7.59. The van der Waals surface area contributed by atoms with Crippen molar-refractivity contribution in [1.29, 1.82) is 0 Å². The van der Waals surface area contributed by atoms with Crippen molar-refractivity contribution in [3.63, 3.8) is 0 Å². The van der Waals surface area contributed by atoms with Crippen LogP contribution < -0.4 is 0 Å². The molecule has 234 valence electrons. The Bertz CT molecular complexity index is 2410. The molecule has 0 fully saturated rings. The Labute approximate surface area is 238 Å². The van der Waals surface area contributed by atoms with Gasteiger partial charge in [0, 0.05) is 10.8 Å². The average Bonchev–Trinajstić information content (AvgIpc) is 3.59. The second-order valence-electron chi connectivity index (χ2n) is 10.3. The van der Waals surface area contributed by atoms with E-state index in [1.54, 1.807) is 6.92 Å². The van der Waals surface area contributed by atoms with Crippen molar-refractivity contribution in [3.05, 3.63) is 58.1 Å². The lowest BCUT2D eigenvalue weighted by Crippen LogP contribution is -2.12. The first kappa shape index (κ1) is 28.8. The molecule has 18 heteroatoms. The van der Waals surface area contributed by atoms with E-state index in [4.69, 9.17) is 0 Å². The molecular weight excluding hydrogens is 640 g/mol. The predicted molar refractivity (Wildman–Crippen MR) is 133 cm³/mol. The summed E-state index contributed by atoms with van der Waals surface area (Å²) < 4.78 is 172. The molecular formula is C27H10F12N4O2. The molecule has 0 radical (unpaired) electrons. The summed E-state index contributed by atoms with van der Waals surface area (Å²) in [5, 5.41) is 16.2. The summed E-state index contributed by atoms with van der Waals surface area (Å²) in [6.45, 7) is 1.55. The molecule has 7 aromatic rings. The van der Waals surface area contributed by atoms with Gasteiger partial charge in [0.05, 0.1) is 49.6 Å². The minimum atomic E-state index is -5.67. The third kappa shape index (κ3) is 3.73. The molecule has 3 aromatic carbocycles. The van der Waals surface area contributed by atoms with E-state index in [1.165, 1.54) is 18.2 Å². The average molecular weight is 650 g/mol. The fraction of sp³-hybridized carbons (Fsp3) is 0.185. The molecule has 0 saturated carbocycles. The first-order valence-electron chi connectivity index (χ1n) is 12.3. The minimum Gasteiger partial charge on any atom is -0.494 e. The number of halogens is 12. The zero-order valence-electron chi connectivity index (χ0n) is 21.6. The molecule has 0 unspecified atom stereocenters. The Balaban J connectivity index is 1.83. The molecule has 2 N–H and O–H groups in total. The zero-order chi connectivity index (χ0) is 32.9. The van der Waals surface area contributed by atoms with Crippen LogP contribution in [0.4, 0.5) is 52.7 Å². The van der Waals surface area contributed by atoms with Crippen LogP contribution in [-0.4, -0.2) is 29.0 Å². The summed E-state index contributed by atoms with van der Waals surface area (Å²) in [6.07, 6.45) is -22.3. The number of fused-ring (bicyclic) bond motifs is 10.